The molecule has 5 aromatic rings. The normalized spacial score (nSPS) is 11.5. The monoisotopic (exact) mass is 592 g/mol. The summed E-state index contributed by atoms with van der Waals surface area (Å²) in [6.45, 7) is 1.86. The van der Waals surface area contributed by atoms with Gasteiger partial charge in [0.1, 0.15) is 12.4 Å². The van der Waals surface area contributed by atoms with Gasteiger partial charge in [0.25, 0.3) is 5.92 Å². The maximum Gasteiger partial charge on any atom is 0.305 e. The maximum atomic E-state index is 13.7. The molecule has 0 aliphatic rings. The van der Waals surface area contributed by atoms with Gasteiger partial charge in [0.2, 0.25) is 0 Å². The maximum absolute atomic E-state index is 13.7. The van der Waals surface area contributed by atoms with E-state index in [9.17, 15) is 13.6 Å². The highest BCUT2D eigenvalue weighted by Gasteiger charge is 2.24. The molecule has 0 saturated carbocycles. The van der Waals surface area contributed by atoms with Gasteiger partial charge in [0.05, 0.1) is 25.0 Å². The Morgan fingerprint density at radius 1 is 0.841 bits per heavy atom. The van der Waals surface area contributed by atoms with Crippen LogP contribution in [0.25, 0.3) is 23.4 Å². The highest BCUT2D eigenvalue weighted by Crippen LogP contribution is 2.29. The van der Waals surface area contributed by atoms with Crippen LogP contribution < -0.4 is 4.74 Å². The first kappa shape index (κ1) is 30.4. The quantitative estimate of drug-likeness (QED) is 0.136. The summed E-state index contributed by atoms with van der Waals surface area (Å²) in [5.74, 6) is -2.36. The summed E-state index contributed by atoms with van der Waals surface area (Å²) in [6, 6.07) is 34.2. The van der Waals surface area contributed by atoms with E-state index < -0.39 is 5.92 Å². The molecular weight excluding hydrogens is 558 g/mol. The Kier molecular flexibility index (Phi) is 9.65. The minimum atomic E-state index is -2.89. The van der Waals surface area contributed by atoms with Crippen LogP contribution in [0.5, 0.6) is 5.75 Å². The van der Waals surface area contributed by atoms with E-state index in [0.29, 0.717) is 31.7 Å². The van der Waals surface area contributed by atoms with Crippen molar-refractivity contribution in [1.29, 1.82) is 0 Å². The van der Waals surface area contributed by atoms with Gasteiger partial charge in [-0.2, -0.15) is 5.10 Å². The summed E-state index contributed by atoms with van der Waals surface area (Å²) in [6.07, 6.45) is 5.02. The number of ether oxygens (including phenoxy) is 2. The van der Waals surface area contributed by atoms with Crippen LogP contribution in [0.3, 0.4) is 0 Å². The molecule has 0 aliphatic heterocycles. The fourth-order valence-electron chi connectivity index (χ4n) is 4.69. The van der Waals surface area contributed by atoms with Crippen LogP contribution in [0, 0.1) is 0 Å². The Morgan fingerprint density at radius 3 is 2.16 bits per heavy atom. The summed E-state index contributed by atoms with van der Waals surface area (Å²) >= 11 is 0. The Bertz CT molecular complexity index is 1690. The van der Waals surface area contributed by atoms with E-state index in [4.69, 9.17) is 14.6 Å². The summed E-state index contributed by atoms with van der Waals surface area (Å²) in [5.41, 5.74) is 6.57. The van der Waals surface area contributed by atoms with Crippen LogP contribution in [-0.2, 0) is 35.0 Å². The molecule has 0 radical (unpaired) electrons. The van der Waals surface area contributed by atoms with Crippen LogP contribution in [0.4, 0.5) is 8.78 Å². The van der Waals surface area contributed by atoms with Crippen molar-refractivity contribution < 1.29 is 23.0 Å². The van der Waals surface area contributed by atoms with Crippen molar-refractivity contribution in [3.63, 3.8) is 0 Å². The lowest BCUT2D eigenvalue weighted by molar-refractivity contribution is -0.140. The SMILES string of the molecule is COC(=O)CCc1ccc(OCc2ccc(Cn3nc(-c4ccc(C(C)(F)F)cc4)cc3/C=C/c3ccccc3)cc2)cc1. The number of rotatable bonds is 12. The third kappa shape index (κ3) is 8.28. The number of esters is 1. The first-order valence-corrected chi connectivity index (χ1v) is 14.4. The minimum absolute atomic E-state index is 0.0263. The number of hydrogen-bond acceptors (Lipinski definition) is 4. The molecule has 0 atom stereocenters. The molecule has 0 spiro atoms. The first-order chi connectivity index (χ1) is 21.3. The highest BCUT2D eigenvalue weighted by molar-refractivity contribution is 5.71. The third-order valence-electron chi connectivity index (χ3n) is 7.27. The Balaban J connectivity index is 1.27. The summed E-state index contributed by atoms with van der Waals surface area (Å²) in [7, 11) is 1.39. The average molecular weight is 593 g/mol. The second-order valence-electron chi connectivity index (χ2n) is 10.6. The van der Waals surface area contributed by atoms with Crippen molar-refractivity contribution in [2.45, 2.75) is 38.8 Å². The van der Waals surface area contributed by atoms with Gasteiger partial charge >= 0.3 is 5.97 Å². The van der Waals surface area contributed by atoms with Crippen molar-refractivity contribution >= 4 is 18.1 Å². The minimum Gasteiger partial charge on any atom is -0.489 e. The van der Waals surface area contributed by atoms with Gasteiger partial charge in [-0.15, -0.1) is 0 Å². The molecule has 0 fully saturated rings. The van der Waals surface area contributed by atoms with Gasteiger partial charge in [-0.25, -0.2) is 8.78 Å². The fourth-order valence-corrected chi connectivity index (χ4v) is 4.69. The number of methoxy groups -OCH3 is 1. The lowest BCUT2D eigenvalue weighted by Gasteiger charge is -2.10. The van der Waals surface area contributed by atoms with Gasteiger partial charge in [0, 0.05) is 24.5 Å². The molecule has 1 heterocycles. The Morgan fingerprint density at radius 2 is 1.50 bits per heavy atom. The van der Waals surface area contributed by atoms with E-state index >= 15 is 0 Å². The second kappa shape index (κ2) is 14.0. The molecule has 0 amide bonds. The summed E-state index contributed by atoms with van der Waals surface area (Å²) < 4.78 is 40.1. The molecule has 5 nitrogen and oxygen atoms in total. The number of carbonyl (C=O) groups is 1. The predicted octanol–water partition coefficient (Wildman–Crippen LogP) is 8.57. The molecule has 0 bridgehead atoms. The molecule has 0 saturated heterocycles. The standard InChI is InChI=1S/C37H34F2N2O3/c1-37(38,39)32-18-16-31(17-19-32)35-24-33(20-12-27-6-4-3-5-7-27)41(40-35)25-29-8-10-30(11-9-29)26-44-34-21-13-28(14-22-34)15-23-36(42)43-2/h3-14,16-22,24H,15,23,25-26H2,1-2H3/b20-12+. The van der Waals surface area contributed by atoms with Gasteiger partial charge in [-0.1, -0.05) is 97.1 Å². The van der Waals surface area contributed by atoms with Crippen molar-refractivity contribution in [1.82, 2.24) is 9.78 Å². The van der Waals surface area contributed by atoms with Gasteiger partial charge < -0.3 is 9.47 Å². The number of carbonyl (C=O) groups excluding carboxylic acids is 1. The van der Waals surface area contributed by atoms with E-state index in [-0.39, 0.29) is 11.5 Å². The van der Waals surface area contributed by atoms with Gasteiger partial charge in [-0.3, -0.25) is 9.48 Å². The molecule has 0 unspecified atom stereocenters. The molecule has 0 N–H and O–H groups in total. The number of aryl methyl sites for hydroxylation is 1. The van der Waals surface area contributed by atoms with Crippen LogP contribution in [0.15, 0.2) is 109 Å². The van der Waals surface area contributed by atoms with Crippen LogP contribution in [0.1, 0.15) is 46.9 Å². The van der Waals surface area contributed by atoms with E-state index in [1.807, 2.05) is 89.6 Å². The van der Waals surface area contributed by atoms with Crippen molar-refractivity contribution in [2.75, 3.05) is 7.11 Å². The van der Waals surface area contributed by atoms with E-state index in [2.05, 4.69) is 12.1 Å². The number of nitrogens with zero attached hydrogens (tertiary/aromatic N) is 2. The molecule has 0 aliphatic carbocycles. The van der Waals surface area contributed by atoms with Crippen LogP contribution >= 0.6 is 0 Å². The fraction of sp³-hybridized carbons (Fsp3) is 0.189. The van der Waals surface area contributed by atoms with Crippen molar-refractivity contribution in [3.8, 4) is 17.0 Å². The molecule has 44 heavy (non-hydrogen) atoms. The van der Waals surface area contributed by atoms with Crippen molar-refractivity contribution in [2.24, 2.45) is 0 Å². The van der Waals surface area contributed by atoms with Crippen LogP contribution in [0.2, 0.25) is 0 Å². The van der Waals surface area contributed by atoms with E-state index in [1.54, 1.807) is 12.1 Å². The number of benzene rings is 4. The smallest absolute Gasteiger partial charge is 0.305 e. The van der Waals surface area contributed by atoms with E-state index in [1.165, 1.54) is 19.2 Å². The lowest BCUT2D eigenvalue weighted by Crippen LogP contribution is -2.06. The predicted molar refractivity (Wildman–Crippen MR) is 169 cm³/mol. The second-order valence-corrected chi connectivity index (χ2v) is 10.6. The van der Waals surface area contributed by atoms with Crippen LogP contribution in [-0.4, -0.2) is 22.9 Å². The first-order valence-electron chi connectivity index (χ1n) is 14.4. The number of alkyl halides is 2. The number of hydrogen-bond donors (Lipinski definition) is 0. The summed E-state index contributed by atoms with van der Waals surface area (Å²) in [4.78, 5) is 11.4. The molecule has 224 valence electrons. The van der Waals surface area contributed by atoms with E-state index in [0.717, 1.165) is 46.2 Å². The Hall–Kier alpha value is -5.04. The molecule has 5 rings (SSSR count). The number of halogens is 2. The molecular formula is C37H34F2N2O3. The van der Waals surface area contributed by atoms with Gasteiger partial charge in [0.15, 0.2) is 0 Å². The highest BCUT2D eigenvalue weighted by atomic mass is 19.3. The number of aromatic nitrogens is 2. The molecule has 4 aromatic carbocycles. The average Bonchev–Trinajstić information content (AvgIpc) is 3.45. The molecule has 7 heteroatoms. The molecule has 1 aromatic heterocycles. The summed E-state index contributed by atoms with van der Waals surface area (Å²) in [5, 5.41) is 4.84. The zero-order chi connectivity index (χ0) is 30.9. The zero-order valence-electron chi connectivity index (χ0n) is 24.8. The largest absolute Gasteiger partial charge is 0.489 e. The topological polar surface area (TPSA) is 53.4 Å². The third-order valence-corrected chi connectivity index (χ3v) is 7.27. The zero-order valence-corrected chi connectivity index (χ0v) is 24.8. The Labute approximate surface area is 256 Å². The lowest BCUT2D eigenvalue weighted by atomic mass is 10.1. The van der Waals surface area contributed by atoms with Gasteiger partial charge in [-0.05, 0) is 52.9 Å². The van der Waals surface area contributed by atoms with Crippen molar-refractivity contribution in [3.05, 3.63) is 143 Å².